The normalized spacial score (nSPS) is 27.2. The van der Waals surface area contributed by atoms with E-state index in [0.717, 1.165) is 32.4 Å². The van der Waals surface area contributed by atoms with E-state index in [1.807, 2.05) is 17.0 Å². The summed E-state index contributed by atoms with van der Waals surface area (Å²) < 4.78 is 11.4. The molecule has 4 nitrogen and oxygen atoms in total. The summed E-state index contributed by atoms with van der Waals surface area (Å²) in [5.74, 6) is -0.0453. The van der Waals surface area contributed by atoms with E-state index in [9.17, 15) is 4.79 Å². The van der Waals surface area contributed by atoms with Crippen LogP contribution in [0.3, 0.4) is 0 Å². The molecule has 3 aliphatic rings. The van der Waals surface area contributed by atoms with E-state index in [2.05, 4.69) is 12.1 Å². The molecule has 0 saturated carbocycles. The lowest BCUT2D eigenvalue weighted by Crippen LogP contribution is -2.49. The molecule has 2 fully saturated rings. The average molecular weight is 273 g/mol. The molecule has 4 heteroatoms. The number of likely N-dealkylation sites (tertiary alicyclic amines) is 1. The highest BCUT2D eigenvalue weighted by molar-refractivity contribution is 5.87. The molecule has 2 saturated heterocycles. The van der Waals surface area contributed by atoms with E-state index < -0.39 is 5.79 Å². The molecule has 0 radical (unpaired) electrons. The van der Waals surface area contributed by atoms with Crippen molar-refractivity contribution in [3.63, 3.8) is 0 Å². The van der Waals surface area contributed by atoms with Crippen LogP contribution in [-0.2, 0) is 20.7 Å². The Hall–Kier alpha value is -1.39. The van der Waals surface area contributed by atoms with E-state index >= 15 is 0 Å². The molecule has 0 aromatic heterocycles. The molecule has 1 amide bonds. The lowest BCUT2D eigenvalue weighted by atomic mass is 9.76. The number of hydrogen-bond donors (Lipinski definition) is 0. The van der Waals surface area contributed by atoms with Crippen LogP contribution in [0.25, 0.3) is 0 Å². The standard InChI is InChI=1S/C16H19NO3/c18-15(14-11-12-3-1-2-4-13(12)14)17-7-5-16(6-8-17)19-9-10-20-16/h1-4,14H,5-11H2. The zero-order chi connectivity index (χ0) is 13.6. The van der Waals surface area contributed by atoms with Crippen molar-refractivity contribution in [2.45, 2.75) is 31.0 Å². The summed E-state index contributed by atoms with van der Waals surface area (Å²) >= 11 is 0. The van der Waals surface area contributed by atoms with Crippen molar-refractivity contribution < 1.29 is 14.3 Å². The molecule has 1 unspecified atom stereocenters. The van der Waals surface area contributed by atoms with Crippen molar-refractivity contribution in [2.75, 3.05) is 26.3 Å². The van der Waals surface area contributed by atoms with Crippen LogP contribution in [0.1, 0.15) is 29.9 Å². The summed E-state index contributed by atoms with van der Waals surface area (Å²) in [6.07, 6.45) is 2.49. The number of benzene rings is 1. The van der Waals surface area contributed by atoms with Crippen LogP contribution in [0.4, 0.5) is 0 Å². The van der Waals surface area contributed by atoms with Crippen LogP contribution < -0.4 is 0 Å². The third kappa shape index (κ3) is 1.86. The van der Waals surface area contributed by atoms with Crippen LogP contribution in [0.15, 0.2) is 24.3 Å². The molecular weight excluding hydrogens is 254 g/mol. The maximum atomic E-state index is 12.6. The second kappa shape index (κ2) is 4.57. The first kappa shape index (κ1) is 12.4. The second-order valence-electron chi connectivity index (χ2n) is 5.89. The predicted molar refractivity (Wildman–Crippen MR) is 73.3 cm³/mol. The molecule has 0 N–H and O–H groups in total. The number of carbonyl (C=O) groups is 1. The Morgan fingerprint density at radius 2 is 1.85 bits per heavy atom. The number of carbonyl (C=O) groups excluding carboxylic acids is 1. The molecule has 2 aliphatic heterocycles. The number of amides is 1. The van der Waals surface area contributed by atoms with Crippen molar-refractivity contribution in [3.05, 3.63) is 35.4 Å². The summed E-state index contributed by atoms with van der Waals surface area (Å²) in [4.78, 5) is 14.6. The fourth-order valence-electron chi connectivity index (χ4n) is 3.55. The lowest BCUT2D eigenvalue weighted by molar-refractivity contribution is -0.187. The van der Waals surface area contributed by atoms with Crippen LogP contribution in [0.2, 0.25) is 0 Å². The van der Waals surface area contributed by atoms with Gasteiger partial charge < -0.3 is 14.4 Å². The fraction of sp³-hybridized carbons (Fsp3) is 0.562. The molecular formula is C16H19NO3. The van der Waals surface area contributed by atoms with Crippen molar-refractivity contribution in [3.8, 4) is 0 Å². The van der Waals surface area contributed by atoms with E-state index in [-0.39, 0.29) is 11.8 Å². The van der Waals surface area contributed by atoms with Gasteiger partial charge in [-0.25, -0.2) is 0 Å². The highest BCUT2D eigenvalue weighted by Crippen LogP contribution is 2.38. The third-order valence-corrected chi connectivity index (χ3v) is 4.80. The van der Waals surface area contributed by atoms with Gasteiger partial charge in [0.25, 0.3) is 0 Å². The first-order valence-electron chi connectivity index (χ1n) is 7.42. The Bertz CT molecular complexity index is 526. The van der Waals surface area contributed by atoms with E-state index in [1.165, 1.54) is 11.1 Å². The molecule has 1 spiro atoms. The predicted octanol–water partition coefficient (Wildman–Crippen LogP) is 1.69. The van der Waals surface area contributed by atoms with Crippen molar-refractivity contribution in [2.24, 2.45) is 0 Å². The van der Waals surface area contributed by atoms with Crippen LogP contribution in [0, 0.1) is 0 Å². The summed E-state index contributed by atoms with van der Waals surface area (Å²) in [7, 11) is 0. The van der Waals surface area contributed by atoms with Gasteiger partial charge in [-0.1, -0.05) is 24.3 Å². The van der Waals surface area contributed by atoms with Gasteiger partial charge in [0.15, 0.2) is 5.79 Å². The van der Waals surface area contributed by atoms with E-state index in [4.69, 9.17) is 9.47 Å². The van der Waals surface area contributed by atoms with Crippen LogP contribution in [-0.4, -0.2) is 42.9 Å². The minimum atomic E-state index is -0.395. The summed E-state index contributed by atoms with van der Waals surface area (Å²) in [6, 6.07) is 8.25. The molecule has 2 heterocycles. The van der Waals surface area contributed by atoms with Gasteiger partial charge in [-0.2, -0.15) is 0 Å². The Morgan fingerprint density at radius 1 is 1.15 bits per heavy atom. The highest BCUT2D eigenvalue weighted by atomic mass is 16.7. The number of nitrogens with zero attached hydrogens (tertiary/aromatic N) is 1. The molecule has 4 rings (SSSR count). The van der Waals surface area contributed by atoms with Gasteiger partial charge in [0.05, 0.1) is 19.1 Å². The summed E-state index contributed by atoms with van der Waals surface area (Å²) in [5.41, 5.74) is 2.54. The number of fused-ring (bicyclic) bond motifs is 1. The zero-order valence-corrected chi connectivity index (χ0v) is 11.5. The van der Waals surface area contributed by atoms with Gasteiger partial charge in [-0.05, 0) is 17.5 Å². The molecule has 1 atom stereocenters. The largest absolute Gasteiger partial charge is 0.347 e. The lowest BCUT2D eigenvalue weighted by Gasteiger charge is -2.40. The minimum absolute atomic E-state index is 0.0747. The zero-order valence-electron chi connectivity index (χ0n) is 11.5. The topological polar surface area (TPSA) is 38.8 Å². The monoisotopic (exact) mass is 273 g/mol. The van der Waals surface area contributed by atoms with E-state index in [0.29, 0.717) is 13.2 Å². The molecule has 0 bridgehead atoms. The Labute approximate surface area is 118 Å². The molecule has 1 aliphatic carbocycles. The molecule has 106 valence electrons. The van der Waals surface area contributed by atoms with Crippen LogP contribution in [0.5, 0.6) is 0 Å². The quantitative estimate of drug-likeness (QED) is 0.781. The van der Waals surface area contributed by atoms with Crippen molar-refractivity contribution >= 4 is 5.91 Å². The minimum Gasteiger partial charge on any atom is -0.347 e. The molecule has 20 heavy (non-hydrogen) atoms. The maximum Gasteiger partial charge on any atom is 0.230 e. The summed E-state index contributed by atoms with van der Waals surface area (Å²) in [5, 5.41) is 0. The van der Waals surface area contributed by atoms with Gasteiger partial charge in [0.2, 0.25) is 5.91 Å². The summed E-state index contributed by atoms with van der Waals surface area (Å²) in [6.45, 7) is 2.86. The van der Waals surface area contributed by atoms with Gasteiger partial charge >= 0.3 is 0 Å². The first-order chi connectivity index (χ1) is 9.77. The fourth-order valence-corrected chi connectivity index (χ4v) is 3.55. The van der Waals surface area contributed by atoms with Gasteiger partial charge in [-0.3, -0.25) is 4.79 Å². The van der Waals surface area contributed by atoms with E-state index in [1.54, 1.807) is 0 Å². The van der Waals surface area contributed by atoms with Gasteiger partial charge in [0, 0.05) is 25.9 Å². The SMILES string of the molecule is O=C(C1Cc2ccccc21)N1CCC2(CC1)OCCO2. The second-order valence-corrected chi connectivity index (χ2v) is 5.89. The maximum absolute atomic E-state index is 12.6. The Kier molecular flexibility index (Phi) is 2.82. The number of hydrogen-bond acceptors (Lipinski definition) is 3. The van der Waals surface area contributed by atoms with Gasteiger partial charge in [-0.15, -0.1) is 0 Å². The Morgan fingerprint density at radius 3 is 2.55 bits per heavy atom. The number of rotatable bonds is 1. The Balaban J connectivity index is 1.42. The third-order valence-electron chi connectivity index (χ3n) is 4.80. The smallest absolute Gasteiger partial charge is 0.230 e. The average Bonchev–Trinajstić information content (AvgIpc) is 2.89. The molecule has 1 aromatic carbocycles. The number of ether oxygens (including phenoxy) is 2. The highest BCUT2D eigenvalue weighted by Gasteiger charge is 2.43. The number of piperidine rings is 1. The van der Waals surface area contributed by atoms with Crippen LogP contribution >= 0.6 is 0 Å². The van der Waals surface area contributed by atoms with Crippen molar-refractivity contribution in [1.82, 2.24) is 4.90 Å². The first-order valence-corrected chi connectivity index (χ1v) is 7.42. The van der Waals surface area contributed by atoms with Gasteiger partial charge in [0.1, 0.15) is 0 Å². The molecule has 1 aromatic rings. The van der Waals surface area contributed by atoms with Crippen molar-refractivity contribution in [1.29, 1.82) is 0 Å².